The summed E-state index contributed by atoms with van der Waals surface area (Å²) in [5.41, 5.74) is 2.04. The number of benzene rings is 1. The highest BCUT2D eigenvalue weighted by atomic mass is 79.9. The molecule has 19 heavy (non-hydrogen) atoms. The molecule has 0 aliphatic rings. The summed E-state index contributed by atoms with van der Waals surface area (Å²) in [6.45, 7) is 1.91. The van der Waals surface area contributed by atoms with Gasteiger partial charge in [0.1, 0.15) is 10.3 Å². The number of halogens is 3. The van der Waals surface area contributed by atoms with Crippen molar-refractivity contribution in [2.75, 3.05) is 5.32 Å². The van der Waals surface area contributed by atoms with E-state index in [1.54, 1.807) is 0 Å². The smallest absolute Gasteiger partial charge is 0.255 e. The zero-order valence-corrected chi connectivity index (χ0v) is 13.0. The summed E-state index contributed by atoms with van der Waals surface area (Å²) in [4.78, 5) is 15.9. The standard InChI is InChI=1S/C13H9BrCl2N2O/c1-7-9(14)3-2-4-10(7)17-13(19)8-5-11(15)18-12(16)6-8/h2-6H,1H3,(H,17,19). The number of nitrogens with one attached hydrogen (secondary N) is 1. The third-order valence-electron chi connectivity index (χ3n) is 2.54. The quantitative estimate of drug-likeness (QED) is 0.789. The van der Waals surface area contributed by atoms with Crippen LogP contribution >= 0.6 is 39.1 Å². The third-order valence-corrected chi connectivity index (χ3v) is 3.79. The van der Waals surface area contributed by atoms with Crippen LogP contribution in [0.4, 0.5) is 5.69 Å². The van der Waals surface area contributed by atoms with Crippen molar-refractivity contribution >= 4 is 50.7 Å². The van der Waals surface area contributed by atoms with Crippen molar-refractivity contribution in [3.63, 3.8) is 0 Å². The minimum absolute atomic E-state index is 0.184. The van der Waals surface area contributed by atoms with E-state index < -0.39 is 0 Å². The highest BCUT2D eigenvalue weighted by Gasteiger charge is 2.11. The maximum atomic E-state index is 12.1. The molecule has 1 amide bonds. The van der Waals surface area contributed by atoms with Crippen molar-refractivity contribution in [2.45, 2.75) is 6.92 Å². The first-order valence-electron chi connectivity index (χ1n) is 5.37. The summed E-state index contributed by atoms with van der Waals surface area (Å²) in [6.07, 6.45) is 0. The lowest BCUT2D eigenvalue weighted by atomic mass is 10.2. The molecule has 1 aromatic carbocycles. The largest absolute Gasteiger partial charge is 0.322 e. The molecule has 0 aliphatic carbocycles. The lowest BCUT2D eigenvalue weighted by Crippen LogP contribution is -2.13. The molecule has 1 N–H and O–H groups in total. The zero-order chi connectivity index (χ0) is 14.0. The lowest BCUT2D eigenvalue weighted by Gasteiger charge is -2.09. The van der Waals surface area contributed by atoms with E-state index >= 15 is 0 Å². The summed E-state index contributed by atoms with van der Waals surface area (Å²) < 4.78 is 0.927. The van der Waals surface area contributed by atoms with Gasteiger partial charge in [0, 0.05) is 15.7 Å². The van der Waals surface area contributed by atoms with Crippen LogP contribution in [0, 0.1) is 6.92 Å². The molecule has 0 unspecified atom stereocenters. The van der Waals surface area contributed by atoms with Crippen molar-refractivity contribution < 1.29 is 4.79 Å². The SMILES string of the molecule is Cc1c(Br)cccc1NC(=O)c1cc(Cl)nc(Cl)c1. The van der Waals surface area contributed by atoms with Crippen LogP contribution in [0.1, 0.15) is 15.9 Å². The molecule has 1 heterocycles. The van der Waals surface area contributed by atoms with E-state index in [4.69, 9.17) is 23.2 Å². The van der Waals surface area contributed by atoms with E-state index in [1.165, 1.54) is 12.1 Å². The van der Waals surface area contributed by atoms with Crippen molar-refractivity contribution in [2.24, 2.45) is 0 Å². The van der Waals surface area contributed by atoms with E-state index in [-0.39, 0.29) is 16.2 Å². The second kappa shape index (κ2) is 5.90. The first-order chi connectivity index (χ1) is 8.97. The number of pyridine rings is 1. The van der Waals surface area contributed by atoms with Crippen LogP contribution in [0.3, 0.4) is 0 Å². The fraction of sp³-hybridized carbons (Fsp3) is 0.0769. The number of hydrogen-bond acceptors (Lipinski definition) is 2. The van der Waals surface area contributed by atoms with Gasteiger partial charge in [0.15, 0.2) is 0 Å². The summed E-state index contributed by atoms with van der Waals surface area (Å²) in [7, 11) is 0. The number of rotatable bonds is 2. The summed E-state index contributed by atoms with van der Waals surface area (Å²) in [5.74, 6) is -0.285. The second-order valence-electron chi connectivity index (χ2n) is 3.87. The molecular weight excluding hydrogens is 351 g/mol. The van der Waals surface area contributed by atoms with Crippen LogP contribution < -0.4 is 5.32 Å². The second-order valence-corrected chi connectivity index (χ2v) is 5.50. The topological polar surface area (TPSA) is 42.0 Å². The molecule has 98 valence electrons. The Labute approximate surface area is 129 Å². The number of hydrogen-bond donors (Lipinski definition) is 1. The van der Waals surface area contributed by atoms with Crippen molar-refractivity contribution in [1.82, 2.24) is 4.98 Å². The summed E-state index contributed by atoms with van der Waals surface area (Å²) in [6, 6.07) is 8.51. The van der Waals surface area contributed by atoms with Gasteiger partial charge in [-0.25, -0.2) is 4.98 Å². The first kappa shape index (κ1) is 14.3. The molecule has 2 aromatic rings. The van der Waals surface area contributed by atoms with Crippen LogP contribution in [0.5, 0.6) is 0 Å². The third kappa shape index (κ3) is 3.47. The van der Waals surface area contributed by atoms with Gasteiger partial charge < -0.3 is 5.32 Å². The number of carbonyl (C=O) groups excluding carboxylic acids is 1. The van der Waals surface area contributed by atoms with Crippen LogP contribution in [-0.2, 0) is 0 Å². The van der Waals surface area contributed by atoms with E-state index in [0.29, 0.717) is 5.56 Å². The van der Waals surface area contributed by atoms with E-state index in [1.807, 2.05) is 25.1 Å². The Kier molecular flexibility index (Phi) is 4.45. The molecule has 0 fully saturated rings. The number of anilines is 1. The molecule has 0 bridgehead atoms. The van der Waals surface area contributed by atoms with Gasteiger partial charge in [0.2, 0.25) is 0 Å². The van der Waals surface area contributed by atoms with Crippen molar-refractivity contribution in [1.29, 1.82) is 0 Å². The van der Waals surface area contributed by atoms with E-state index in [0.717, 1.165) is 15.7 Å². The fourth-order valence-electron chi connectivity index (χ4n) is 1.53. The normalized spacial score (nSPS) is 10.3. The van der Waals surface area contributed by atoms with E-state index in [9.17, 15) is 4.79 Å². The minimum Gasteiger partial charge on any atom is -0.322 e. The highest BCUT2D eigenvalue weighted by Crippen LogP contribution is 2.24. The van der Waals surface area contributed by atoms with Gasteiger partial charge in [0.05, 0.1) is 0 Å². The zero-order valence-electron chi connectivity index (χ0n) is 9.88. The molecule has 6 heteroatoms. The van der Waals surface area contributed by atoms with Crippen LogP contribution in [-0.4, -0.2) is 10.9 Å². The van der Waals surface area contributed by atoms with E-state index in [2.05, 4.69) is 26.2 Å². The highest BCUT2D eigenvalue weighted by molar-refractivity contribution is 9.10. The Morgan fingerprint density at radius 1 is 1.26 bits per heavy atom. The van der Waals surface area contributed by atoms with Crippen molar-refractivity contribution in [3.8, 4) is 0 Å². The molecular formula is C13H9BrCl2N2O. The Morgan fingerprint density at radius 3 is 2.53 bits per heavy atom. The summed E-state index contributed by atoms with van der Waals surface area (Å²) in [5, 5.41) is 3.18. The molecule has 2 rings (SSSR count). The van der Waals surface area contributed by atoms with Crippen molar-refractivity contribution in [3.05, 3.63) is 56.2 Å². The van der Waals surface area contributed by atoms with Gasteiger partial charge in [0.25, 0.3) is 5.91 Å². The van der Waals surface area contributed by atoms with Crippen LogP contribution in [0.15, 0.2) is 34.8 Å². The fourth-order valence-corrected chi connectivity index (χ4v) is 2.36. The molecule has 3 nitrogen and oxygen atoms in total. The number of amides is 1. The number of aromatic nitrogens is 1. The molecule has 0 saturated heterocycles. The molecule has 0 radical (unpaired) electrons. The Hall–Kier alpha value is -1.10. The molecule has 0 atom stereocenters. The monoisotopic (exact) mass is 358 g/mol. The predicted octanol–water partition coefficient (Wildman–Crippen LogP) is 4.71. The maximum absolute atomic E-state index is 12.1. The molecule has 0 saturated carbocycles. The molecule has 0 aliphatic heterocycles. The van der Waals surface area contributed by atoms with Crippen LogP contribution in [0.25, 0.3) is 0 Å². The van der Waals surface area contributed by atoms with Gasteiger partial charge in [-0.2, -0.15) is 0 Å². The maximum Gasteiger partial charge on any atom is 0.255 e. The van der Waals surface area contributed by atoms with Gasteiger partial charge in [-0.05, 0) is 36.8 Å². The van der Waals surface area contributed by atoms with Gasteiger partial charge in [-0.3, -0.25) is 4.79 Å². The Morgan fingerprint density at radius 2 is 1.89 bits per heavy atom. The Bertz CT molecular complexity index is 626. The molecule has 1 aromatic heterocycles. The summed E-state index contributed by atoms with van der Waals surface area (Å²) >= 11 is 15.0. The van der Waals surface area contributed by atoms with Gasteiger partial charge in [-0.15, -0.1) is 0 Å². The number of nitrogens with zero attached hydrogens (tertiary/aromatic N) is 1. The molecule has 0 spiro atoms. The lowest BCUT2D eigenvalue weighted by molar-refractivity contribution is 0.102. The Balaban J connectivity index is 2.28. The van der Waals surface area contributed by atoms with Crippen LogP contribution in [0.2, 0.25) is 10.3 Å². The van der Waals surface area contributed by atoms with Gasteiger partial charge in [-0.1, -0.05) is 45.2 Å². The number of carbonyl (C=O) groups is 1. The predicted molar refractivity (Wildman–Crippen MR) is 81.1 cm³/mol. The first-order valence-corrected chi connectivity index (χ1v) is 6.92. The van der Waals surface area contributed by atoms with Gasteiger partial charge >= 0.3 is 0 Å². The minimum atomic E-state index is -0.285. The average Bonchev–Trinajstić information content (AvgIpc) is 2.33. The average molecular weight is 360 g/mol.